The van der Waals surface area contributed by atoms with Gasteiger partial charge in [-0.2, -0.15) is 0 Å². The van der Waals surface area contributed by atoms with E-state index in [0.717, 1.165) is 24.0 Å². The highest BCUT2D eigenvalue weighted by Crippen LogP contribution is 2.21. The summed E-state index contributed by atoms with van der Waals surface area (Å²) in [6.45, 7) is 3.94. The van der Waals surface area contributed by atoms with Gasteiger partial charge in [0.25, 0.3) is 5.91 Å². The maximum atomic E-state index is 12.8. The molecular weight excluding hydrogens is 306 g/mol. The molecule has 2 atom stereocenters. The minimum Gasteiger partial charge on any atom is -0.390 e. The number of hydrogen-bond donors (Lipinski definition) is 1. The summed E-state index contributed by atoms with van der Waals surface area (Å²) in [4.78, 5) is 21.1. The number of aliphatic hydroxyl groups is 1. The molecule has 1 amide bonds. The Morgan fingerprint density at radius 1 is 1.21 bits per heavy atom. The Hall–Kier alpha value is -2.02. The molecule has 4 rings (SSSR count). The Balaban J connectivity index is 1.51. The maximum absolute atomic E-state index is 12.8. The summed E-state index contributed by atoms with van der Waals surface area (Å²) in [5, 5.41) is 11.3. The smallest absolute Gasteiger partial charge is 0.254 e. The summed E-state index contributed by atoms with van der Waals surface area (Å²) < 4.78 is 5.37. The Bertz CT molecular complexity index is 745. The van der Waals surface area contributed by atoms with Crippen LogP contribution < -0.4 is 0 Å². The van der Waals surface area contributed by atoms with Crippen molar-refractivity contribution >= 4 is 16.8 Å². The molecule has 0 spiro atoms. The average Bonchev–Trinajstić information content (AvgIpc) is 3.03. The first-order chi connectivity index (χ1) is 11.7. The van der Waals surface area contributed by atoms with E-state index < -0.39 is 6.10 Å². The van der Waals surface area contributed by atoms with E-state index in [4.69, 9.17) is 4.74 Å². The fourth-order valence-corrected chi connectivity index (χ4v) is 3.59. The zero-order valence-electron chi connectivity index (χ0n) is 13.5. The second-order valence-corrected chi connectivity index (χ2v) is 6.40. The van der Waals surface area contributed by atoms with Gasteiger partial charge in [-0.05, 0) is 24.3 Å². The molecule has 24 heavy (non-hydrogen) atoms. The van der Waals surface area contributed by atoms with Crippen molar-refractivity contribution in [3.8, 4) is 0 Å². The van der Waals surface area contributed by atoms with Crippen molar-refractivity contribution < 1.29 is 14.6 Å². The molecule has 2 aliphatic rings. The molecule has 3 heterocycles. The number of β-amino-alcohol motifs (C(OH)–C–C–N with tert-alkyl or cyclic N) is 1. The van der Waals surface area contributed by atoms with Gasteiger partial charge in [0.05, 0.1) is 30.9 Å². The van der Waals surface area contributed by atoms with Crippen molar-refractivity contribution in [3.05, 3.63) is 42.1 Å². The van der Waals surface area contributed by atoms with E-state index in [-0.39, 0.29) is 11.9 Å². The summed E-state index contributed by atoms with van der Waals surface area (Å²) in [7, 11) is 0. The number of carbonyl (C=O) groups is 1. The minimum atomic E-state index is -0.505. The van der Waals surface area contributed by atoms with E-state index in [9.17, 15) is 9.90 Å². The van der Waals surface area contributed by atoms with Crippen molar-refractivity contribution in [1.29, 1.82) is 0 Å². The zero-order chi connectivity index (χ0) is 16.5. The van der Waals surface area contributed by atoms with Crippen LogP contribution in [0.15, 0.2) is 36.5 Å². The number of likely N-dealkylation sites (tertiary alicyclic amines) is 1. The molecule has 0 saturated carbocycles. The van der Waals surface area contributed by atoms with Gasteiger partial charge in [0.2, 0.25) is 0 Å². The lowest BCUT2D eigenvalue weighted by Gasteiger charge is -2.33. The van der Waals surface area contributed by atoms with Gasteiger partial charge in [0, 0.05) is 43.3 Å². The summed E-state index contributed by atoms with van der Waals surface area (Å²) in [6.07, 6.45) is 1.24. The molecule has 2 saturated heterocycles. The quantitative estimate of drug-likeness (QED) is 0.882. The molecule has 1 aromatic carbocycles. The molecule has 2 aliphatic heterocycles. The Morgan fingerprint density at radius 3 is 2.88 bits per heavy atom. The maximum Gasteiger partial charge on any atom is 0.254 e. The number of benzene rings is 1. The number of nitrogens with zero attached hydrogens (tertiary/aromatic N) is 3. The normalized spacial score (nSPS) is 25.3. The molecule has 2 aromatic rings. The van der Waals surface area contributed by atoms with E-state index in [0.29, 0.717) is 31.9 Å². The Kier molecular flexibility index (Phi) is 4.18. The molecule has 0 unspecified atom stereocenters. The van der Waals surface area contributed by atoms with Crippen molar-refractivity contribution in [1.82, 2.24) is 14.8 Å². The Labute approximate surface area is 140 Å². The van der Waals surface area contributed by atoms with E-state index in [1.165, 1.54) is 0 Å². The first-order valence-electron chi connectivity index (χ1n) is 8.36. The van der Waals surface area contributed by atoms with Gasteiger partial charge in [0.1, 0.15) is 0 Å². The molecule has 6 nitrogen and oxygen atoms in total. The number of hydrogen-bond acceptors (Lipinski definition) is 5. The van der Waals surface area contributed by atoms with Crippen LogP contribution in [0.1, 0.15) is 10.4 Å². The topological polar surface area (TPSA) is 65.9 Å². The SMILES string of the molecule is O=C(c1ccc2ncccc2c1)N1C[C@H](O)[C@@H](N2CCOCC2)C1. The fourth-order valence-electron chi connectivity index (χ4n) is 3.59. The molecule has 6 heteroatoms. The molecule has 0 radical (unpaired) electrons. The van der Waals surface area contributed by atoms with Crippen LogP contribution in [0.4, 0.5) is 0 Å². The second-order valence-electron chi connectivity index (χ2n) is 6.40. The molecule has 2 fully saturated rings. The van der Waals surface area contributed by atoms with Gasteiger partial charge in [-0.1, -0.05) is 6.07 Å². The molecule has 0 aliphatic carbocycles. The number of aliphatic hydroxyl groups excluding tert-OH is 1. The molecule has 1 aromatic heterocycles. The van der Waals surface area contributed by atoms with Crippen LogP contribution in [-0.4, -0.2) is 77.3 Å². The summed E-state index contributed by atoms with van der Waals surface area (Å²) in [5.41, 5.74) is 1.52. The van der Waals surface area contributed by atoms with E-state index in [1.807, 2.05) is 30.3 Å². The van der Waals surface area contributed by atoms with Crippen LogP contribution in [0.2, 0.25) is 0 Å². The second kappa shape index (κ2) is 6.47. The van der Waals surface area contributed by atoms with Gasteiger partial charge in [-0.15, -0.1) is 0 Å². The lowest BCUT2D eigenvalue weighted by Crippen LogP contribution is -2.49. The largest absolute Gasteiger partial charge is 0.390 e. The van der Waals surface area contributed by atoms with Crippen LogP contribution in [0.25, 0.3) is 10.9 Å². The van der Waals surface area contributed by atoms with E-state index in [1.54, 1.807) is 11.1 Å². The summed E-state index contributed by atoms with van der Waals surface area (Å²) in [5.74, 6) is -0.0319. The fraction of sp³-hybridized carbons (Fsp3) is 0.444. The van der Waals surface area contributed by atoms with Gasteiger partial charge in [-0.3, -0.25) is 14.7 Å². The Morgan fingerprint density at radius 2 is 2.04 bits per heavy atom. The van der Waals surface area contributed by atoms with Crippen LogP contribution in [0.5, 0.6) is 0 Å². The molecule has 1 N–H and O–H groups in total. The average molecular weight is 327 g/mol. The number of morpholine rings is 1. The summed E-state index contributed by atoms with van der Waals surface area (Å²) >= 11 is 0. The van der Waals surface area contributed by atoms with Crippen LogP contribution >= 0.6 is 0 Å². The van der Waals surface area contributed by atoms with Gasteiger partial charge < -0.3 is 14.7 Å². The number of ether oxygens (including phenoxy) is 1. The van der Waals surface area contributed by atoms with E-state index in [2.05, 4.69) is 9.88 Å². The van der Waals surface area contributed by atoms with Crippen molar-refractivity contribution in [2.45, 2.75) is 12.1 Å². The predicted molar refractivity (Wildman–Crippen MR) is 89.8 cm³/mol. The van der Waals surface area contributed by atoms with Crippen LogP contribution in [-0.2, 0) is 4.74 Å². The first-order valence-corrected chi connectivity index (χ1v) is 8.36. The minimum absolute atomic E-state index is 0.0000249. The standard InChI is InChI=1S/C18H21N3O3/c22-17-12-21(11-16(17)20-6-8-24-9-7-20)18(23)14-3-4-15-13(10-14)2-1-5-19-15/h1-5,10,16-17,22H,6-9,11-12H2/t16-,17-/m0/s1. The van der Waals surface area contributed by atoms with Crippen LogP contribution in [0.3, 0.4) is 0 Å². The van der Waals surface area contributed by atoms with Crippen molar-refractivity contribution in [3.63, 3.8) is 0 Å². The number of pyridine rings is 1. The third kappa shape index (κ3) is 2.88. The van der Waals surface area contributed by atoms with Gasteiger partial charge in [0.15, 0.2) is 0 Å². The molecule has 126 valence electrons. The van der Waals surface area contributed by atoms with E-state index >= 15 is 0 Å². The number of aromatic nitrogens is 1. The third-order valence-corrected chi connectivity index (χ3v) is 4.91. The van der Waals surface area contributed by atoms with Crippen molar-refractivity contribution in [2.75, 3.05) is 39.4 Å². The highest BCUT2D eigenvalue weighted by Gasteiger charge is 2.38. The number of carbonyl (C=O) groups excluding carboxylic acids is 1. The highest BCUT2D eigenvalue weighted by molar-refractivity contribution is 5.98. The molecule has 0 bridgehead atoms. The first kappa shape index (κ1) is 15.5. The molecular formula is C18H21N3O3. The highest BCUT2D eigenvalue weighted by atomic mass is 16.5. The van der Waals surface area contributed by atoms with Gasteiger partial charge in [-0.25, -0.2) is 0 Å². The monoisotopic (exact) mass is 327 g/mol. The van der Waals surface area contributed by atoms with Crippen LogP contribution in [0, 0.1) is 0 Å². The lowest BCUT2D eigenvalue weighted by atomic mass is 10.1. The third-order valence-electron chi connectivity index (χ3n) is 4.91. The number of fused-ring (bicyclic) bond motifs is 1. The van der Waals surface area contributed by atoms with Gasteiger partial charge >= 0.3 is 0 Å². The number of amides is 1. The lowest BCUT2D eigenvalue weighted by molar-refractivity contribution is -0.00611. The predicted octanol–water partition coefficient (Wildman–Crippen LogP) is 0.752. The number of rotatable bonds is 2. The zero-order valence-corrected chi connectivity index (χ0v) is 13.5. The van der Waals surface area contributed by atoms with Crippen molar-refractivity contribution in [2.24, 2.45) is 0 Å². The summed E-state index contributed by atoms with van der Waals surface area (Å²) in [6, 6.07) is 9.37.